The number of ether oxygens (including phenoxy) is 2. The number of nitrogens with one attached hydrogen (secondary N) is 1. The highest BCUT2D eigenvalue weighted by Crippen LogP contribution is 2.32. The van der Waals surface area contributed by atoms with Crippen molar-refractivity contribution in [2.45, 2.75) is 6.61 Å². The number of para-hydroxylation sites is 1. The van der Waals surface area contributed by atoms with Crippen molar-refractivity contribution in [3.63, 3.8) is 0 Å². The van der Waals surface area contributed by atoms with Crippen molar-refractivity contribution in [2.24, 2.45) is 5.73 Å². The van der Waals surface area contributed by atoms with Gasteiger partial charge < -0.3 is 15.2 Å². The Balaban J connectivity index is 0.00000220. The second kappa shape index (κ2) is 7.90. The van der Waals surface area contributed by atoms with E-state index < -0.39 is 0 Å². The zero-order valence-electron chi connectivity index (χ0n) is 11.4. The van der Waals surface area contributed by atoms with Crippen LogP contribution in [0.5, 0.6) is 11.5 Å². The van der Waals surface area contributed by atoms with Crippen LogP contribution in [-0.2, 0) is 6.61 Å². The Morgan fingerprint density at radius 2 is 1.90 bits per heavy atom. The average Bonchev–Trinajstić information content (AvgIpc) is 2.46. The van der Waals surface area contributed by atoms with Gasteiger partial charge in [0.25, 0.3) is 0 Å². The molecule has 0 unspecified atom stereocenters. The lowest BCUT2D eigenvalue weighted by Gasteiger charge is -2.14. The van der Waals surface area contributed by atoms with Gasteiger partial charge in [-0.15, -0.1) is 12.4 Å². The molecule has 0 aromatic heterocycles. The van der Waals surface area contributed by atoms with Gasteiger partial charge in [0.05, 0.1) is 12.7 Å². The first-order valence-corrected chi connectivity index (χ1v) is 6.80. The number of nitrogens with two attached hydrogens (primary N) is 1. The van der Waals surface area contributed by atoms with Gasteiger partial charge in [0, 0.05) is 10.0 Å². The van der Waals surface area contributed by atoms with Crippen molar-refractivity contribution < 1.29 is 9.47 Å². The normalized spacial score (nSPS) is 9.62. The summed E-state index contributed by atoms with van der Waals surface area (Å²) in [6.07, 6.45) is 0. The summed E-state index contributed by atoms with van der Waals surface area (Å²) in [6.45, 7) is 0.363. The van der Waals surface area contributed by atoms with Crippen LogP contribution in [0.25, 0.3) is 0 Å². The molecule has 0 saturated carbocycles. The minimum atomic E-state index is -0.0500. The Hall–Kier alpha value is -1.72. The molecule has 21 heavy (non-hydrogen) atoms. The molecule has 2 rings (SSSR count). The van der Waals surface area contributed by atoms with E-state index in [0.717, 1.165) is 10.0 Å². The average molecular weight is 372 g/mol. The molecule has 0 fully saturated rings. The van der Waals surface area contributed by atoms with Crippen LogP contribution in [0.15, 0.2) is 46.9 Å². The van der Waals surface area contributed by atoms with E-state index in [1.54, 1.807) is 25.3 Å². The molecular formula is C15H16BrClN2O2. The van der Waals surface area contributed by atoms with E-state index in [2.05, 4.69) is 15.9 Å². The molecule has 4 nitrogen and oxygen atoms in total. The van der Waals surface area contributed by atoms with Gasteiger partial charge in [0.1, 0.15) is 12.4 Å². The fraction of sp³-hybridized carbons (Fsp3) is 0.133. The molecule has 0 aliphatic heterocycles. The maximum atomic E-state index is 7.61. The molecule has 0 atom stereocenters. The summed E-state index contributed by atoms with van der Waals surface area (Å²) in [4.78, 5) is 0. The second-order valence-corrected chi connectivity index (χ2v) is 4.99. The fourth-order valence-corrected chi connectivity index (χ4v) is 2.20. The van der Waals surface area contributed by atoms with Crippen LogP contribution in [0.1, 0.15) is 11.1 Å². The summed E-state index contributed by atoms with van der Waals surface area (Å²) in [5, 5.41) is 7.61. The third-order valence-electron chi connectivity index (χ3n) is 2.82. The van der Waals surface area contributed by atoms with E-state index in [-0.39, 0.29) is 18.2 Å². The third kappa shape index (κ3) is 4.12. The van der Waals surface area contributed by atoms with Gasteiger partial charge in [0.15, 0.2) is 11.5 Å². The van der Waals surface area contributed by atoms with Crippen LogP contribution in [0.3, 0.4) is 0 Å². The smallest absolute Gasteiger partial charge is 0.172 e. The molecule has 2 aromatic carbocycles. The molecule has 112 valence electrons. The van der Waals surface area contributed by atoms with E-state index in [1.807, 2.05) is 24.3 Å². The number of benzene rings is 2. The van der Waals surface area contributed by atoms with Crippen molar-refractivity contribution in [3.8, 4) is 11.5 Å². The van der Waals surface area contributed by atoms with Crippen molar-refractivity contribution in [1.29, 1.82) is 5.41 Å². The lowest BCUT2D eigenvalue weighted by molar-refractivity contribution is 0.283. The molecular weight excluding hydrogens is 356 g/mol. The van der Waals surface area contributed by atoms with Crippen molar-refractivity contribution in [1.82, 2.24) is 0 Å². The van der Waals surface area contributed by atoms with E-state index in [9.17, 15) is 0 Å². The Morgan fingerprint density at radius 1 is 1.19 bits per heavy atom. The van der Waals surface area contributed by atoms with Crippen molar-refractivity contribution >= 4 is 34.2 Å². The highest BCUT2D eigenvalue weighted by Gasteiger charge is 2.13. The fourth-order valence-electron chi connectivity index (χ4n) is 1.80. The van der Waals surface area contributed by atoms with Gasteiger partial charge in [0.2, 0.25) is 0 Å². The number of hydrogen-bond acceptors (Lipinski definition) is 3. The summed E-state index contributed by atoms with van der Waals surface area (Å²) in [6, 6.07) is 13.1. The van der Waals surface area contributed by atoms with Gasteiger partial charge in [-0.2, -0.15) is 0 Å². The molecule has 0 spiro atoms. The van der Waals surface area contributed by atoms with Crippen LogP contribution in [0.2, 0.25) is 0 Å². The minimum Gasteiger partial charge on any atom is -0.493 e. The number of rotatable bonds is 5. The SMILES string of the molecule is COc1cccc(C(=N)N)c1OCc1ccccc1Br.Cl. The summed E-state index contributed by atoms with van der Waals surface area (Å²) in [7, 11) is 1.56. The van der Waals surface area contributed by atoms with Gasteiger partial charge in [-0.1, -0.05) is 40.2 Å². The molecule has 0 radical (unpaired) electrons. The zero-order valence-corrected chi connectivity index (χ0v) is 13.8. The van der Waals surface area contributed by atoms with Crippen molar-refractivity contribution in [2.75, 3.05) is 7.11 Å². The largest absolute Gasteiger partial charge is 0.493 e. The van der Waals surface area contributed by atoms with Gasteiger partial charge in [-0.05, 0) is 18.2 Å². The molecule has 0 aliphatic carbocycles. The Morgan fingerprint density at radius 3 is 2.52 bits per heavy atom. The molecule has 0 saturated heterocycles. The summed E-state index contributed by atoms with van der Waals surface area (Å²) >= 11 is 3.47. The van der Waals surface area contributed by atoms with Gasteiger partial charge in [-0.3, -0.25) is 5.41 Å². The van der Waals surface area contributed by atoms with E-state index in [1.165, 1.54) is 0 Å². The minimum absolute atomic E-state index is 0. The number of halogens is 2. The molecule has 0 aliphatic rings. The molecule has 6 heteroatoms. The standard InChI is InChI=1S/C15H15BrN2O2.ClH/c1-19-13-8-4-6-11(15(17)18)14(13)20-9-10-5-2-3-7-12(10)16;/h2-8H,9H2,1H3,(H3,17,18);1H. The van der Waals surface area contributed by atoms with Crippen LogP contribution < -0.4 is 15.2 Å². The third-order valence-corrected chi connectivity index (χ3v) is 3.59. The zero-order chi connectivity index (χ0) is 14.5. The van der Waals surface area contributed by atoms with Crippen LogP contribution in [0.4, 0.5) is 0 Å². The molecule has 0 bridgehead atoms. The monoisotopic (exact) mass is 370 g/mol. The van der Waals surface area contributed by atoms with E-state index >= 15 is 0 Å². The topological polar surface area (TPSA) is 68.3 Å². The highest BCUT2D eigenvalue weighted by atomic mass is 79.9. The summed E-state index contributed by atoms with van der Waals surface area (Å²) < 4.78 is 12.0. The summed E-state index contributed by atoms with van der Waals surface area (Å²) in [5.74, 6) is 0.994. The van der Waals surface area contributed by atoms with E-state index in [0.29, 0.717) is 23.7 Å². The highest BCUT2D eigenvalue weighted by molar-refractivity contribution is 9.10. The Kier molecular flexibility index (Phi) is 6.52. The quantitative estimate of drug-likeness (QED) is 0.621. The first kappa shape index (κ1) is 17.3. The first-order chi connectivity index (χ1) is 9.63. The van der Waals surface area contributed by atoms with Gasteiger partial charge >= 0.3 is 0 Å². The van der Waals surface area contributed by atoms with Crippen molar-refractivity contribution in [3.05, 3.63) is 58.1 Å². The molecule has 3 N–H and O–H groups in total. The molecule has 2 aromatic rings. The number of hydrogen-bond donors (Lipinski definition) is 2. The Bertz CT molecular complexity index is 635. The predicted octanol–water partition coefficient (Wildman–Crippen LogP) is 3.74. The number of amidine groups is 1. The Labute approximate surface area is 138 Å². The van der Waals surface area contributed by atoms with E-state index in [4.69, 9.17) is 20.6 Å². The van der Waals surface area contributed by atoms with Crippen LogP contribution >= 0.6 is 28.3 Å². The van der Waals surface area contributed by atoms with Gasteiger partial charge in [-0.25, -0.2) is 0 Å². The number of nitrogen functional groups attached to an aromatic ring is 1. The molecule has 0 heterocycles. The lowest BCUT2D eigenvalue weighted by Crippen LogP contribution is -2.13. The summed E-state index contributed by atoms with van der Waals surface area (Å²) in [5.41, 5.74) is 7.11. The first-order valence-electron chi connectivity index (χ1n) is 6.01. The molecule has 0 amide bonds. The lowest BCUT2D eigenvalue weighted by atomic mass is 10.1. The predicted molar refractivity (Wildman–Crippen MR) is 89.7 cm³/mol. The maximum absolute atomic E-state index is 7.61. The number of methoxy groups -OCH3 is 1. The maximum Gasteiger partial charge on any atom is 0.172 e. The van der Waals surface area contributed by atoms with Crippen LogP contribution in [0, 0.1) is 5.41 Å². The second-order valence-electron chi connectivity index (χ2n) is 4.13. The van der Waals surface area contributed by atoms with Crippen LogP contribution in [-0.4, -0.2) is 12.9 Å².